The van der Waals surface area contributed by atoms with Crippen LogP contribution in [0.3, 0.4) is 0 Å². The number of nitrogens with zero attached hydrogens (tertiary/aromatic N) is 1. The summed E-state index contributed by atoms with van der Waals surface area (Å²) >= 11 is 0. The van der Waals surface area contributed by atoms with Crippen LogP contribution in [0.15, 0.2) is 30.3 Å². The summed E-state index contributed by atoms with van der Waals surface area (Å²) in [6.07, 6.45) is 0.250. The van der Waals surface area contributed by atoms with Gasteiger partial charge in [-0.15, -0.1) is 0 Å². The molecule has 15 heavy (non-hydrogen) atoms. The predicted molar refractivity (Wildman–Crippen MR) is 61.2 cm³/mol. The van der Waals surface area contributed by atoms with Gasteiger partial charge in [-0.3, -0.25) is 0 Å². The van der Waals surface area contributed by atoms with Gasteiger partial charge in [-0.2, -0.15) is 0 Å². The maximum Gasteiger partial charge on any atom is 0.124 e. The van der Waals surface area contributed by atoms with Crippen molar-refractivity contribution in [3.63, 3.8) is 0 Å². The molecule has 0 saturated carbocycles. The highest BCUT2D eigenvalue weighted by Gasteiger charge is 2.16. The van der Waals surface area contributed by atoms with Crippen molar-refractivity contribution in [1.29, 1.82) is 0 Å². The van der Waals surface area contributed by atoms with Gasteiger partial charge in [0.15, 0.2) is 0 Å². The van der Waals surface area contributed by atoms with E-state index < -0.39 is 0 Å². The zero-order valence-electron chi connectivity index (χ0n) is 9.15. The zero-order chi connectivity index (χ0) is 10.5. The molecule has 0 aliphatic carbocycles. The van der Waals surface area contributed by atoms with E-state index in [2.05, 4.69) is 17.3 Å². The number of rotatable bonds is 2. The molecular formula is C12H18N2O. The van der Waals surface area contributed by atoms with Crippen LogP contribution in [-0.2, 0) is 0 Å². The molecule has 0 spiro atoms. The Morgan fingerprint density at radius 1 is 1.33 bits per heavy atom. The minimum atomic E-state index is 0.250. The first-order chi connectivity index (χ1) is 7.34. The Hall–Kier alpha value is -1.06. The summed E-state index contributed by atoms with van der Waals surface area (Å²) in [5.41, 5.74) is 0. The Balaban J connectivity index is 1.93. The fourth-order valence-corrected chi connectivity index (χ4v) is 1.81. The summed E-state index contributed by atoms with van der Waals surface area (Å²) < 4.78 is 5.90. The number of para-hydroxylation sites is 1. The predicted octanol–water partition coefficient (Wildman–Crippen LogP) is 0.969. The standard InChI is InChI=1S/C12H18N2O/c1-14-8-7-13-9-12(10-14)15-11-5-3-2-4-6-11/h2-6,12-13H,7-10H2,1H3. The van der Waals surface area contributed by atoms with Gasteiger partial charge in [-0.05, 0) is 19.2 Å². The topological polar surface area (TPSA) is 24.5 Å². The van der Waals surface area contributed by atoms with Gasteiger partial charge in [0, 0.05) is 26.2 Å². The maximum atomic E-state index is 5.90. The number of benzene rings is 1. The number of nitrogens with one attached hydrogen (secondary N) is 1. The lowest BCUT2D eigenvalue weighted by atomic mass is 10.3. The molecule has 1 fully saturated rings. The highest BCUT2D eigenvalue weighted by atomic mass is 16.5. The lowest BCUT2D eigenvalue weighted by Crippen LogP contribution is -2.35. The third-order valence-electron chi connectivity index (χ3n) is 2.60. The van der Waals surface area contributed by atoms with Gasteiger partial charge in [0.05, 0.1) is 0 Å². The van der Waals surface area contributed by atoms with Crippen molar-refractivity contribution in [2.75, 3.05) is 33.2 Å². The molecule has 0 amide bonds. The van der Waals surface area contributed by atoms with Crippen LogP contribution in [0.1, 0.15) is 0 Å². The van der Waals surface area contributed by atoms with Crippen LogP contribution < -0.4 is 10.1 Å². The summed E-state index contributed by atoms with van der Waals surface area (Å²) in [4.78, 5) is 2.30. The second-order valence-corrected chi connectivity index (χ2v) is 4.02. The quantitative estimate of drug-likeness (QED) is 0.780. The van der Waals surface area contributed by atoms with Crippen LogP contribution >= 0.6 is 0 Å². The summed E-state index contributed by atoms with van der Waals surface area (Å²) in [6, 6.07) is 10.0. The van der Waals surface area contributed by atoms with Crippen molar-refractivity contribution >= 4 is 0 Å². The highest BCUT2D eigenvalue weighted by Crippen LogP contribution is 2.11. The van der Waals surface area contributed by atoms with E-state index in [0.717, 1.165) is 31.9 Å². The second-order valence-electron chi connectivity index (χ2n) is 4.02. The molecule has 3 nitrogen and oxygen atoms in total. The summed E-state index contributed by atoms with van der Waals surface area (Å²) in [5.74, 6) is 0.958. The van der Waals surface area contributed by atoms with Crippen molar-refractivity contribution in [2.45, 2.75) is 6.10 Å². The molecule has 1 N–H and O–H groups in total. The number of hydrogen-bond acceptors (Lipinski definition) is 3. The van der Waals surface area contributed by atoms with Gasteiger partial charge in [0.2, 0.25) is 0 Å². The molecule has 1 unspecified atom stereocenters. The Morgan fingerprint density at radius 2 is 2.13 bits per heavy atom. The Kier molecular flexibility index (Phi) is 3.59. The molecule has 82 valence electrons. The fraction of sp³-hybridized carbons (Fsp3) is 0.500. The molecule has 1 aromatic carbocycles. The molecule has 1 aliphatic heterocycles. The Labute approximate surface area is 91.0 Å². The van der Waals surface area contributed by atoms with Gasteiger partial charge < -0.3 is 15.0 Å². The summed E-state index contributed by atoms with van der Waals surface area (Å²) in [7, 11) is 2.13. The molecule has 2 rings (SSSR count). The molecule has 1 heterocycles. The van der Waals surface area contributed by atoms with Crippen LogP contribution in [0.4, 0.5) is 0 Å². The van der Waals surface area contributed by atoms with Gasteiger partial charge in [0.25, 0.3) is 0 Å². The van der Waals surface area contributed by atoms with Gasteiger partial charge in [-0.25, -0.2) is 0 Å². The van der Waals surface area contributed by atoms with E-state index in [9.17, 15) is 0 Å². The minimum Gasteiger partial charge on any atom is -0.488 e. The van der Waals surface area contributed by atoms with Crippen molar-refractivity contribution < 1.29 is 4.74 Å². The molecule has 0 radical (unpaired) electrons. The van der Waals surface area contributed by atoms with E-state index in [0.29, 0.717) is 0 Å². The molecule has 1 atom stereocenters. The molecule has 0 aromatic heterocycles. The van der Waals surface area contributed by atoms with Crippen molar-refractivity contribution in [1.82, 2.24) is 10.2 Å². The van der Waals surface area contributed by atoms with Gasteiger partial charge in [0.1, 0.15) is 11.9 Å². The van der Waals surface area contributed by atoms with E-state index in [4.69, 9.17) is 4.74 Å². The van der Waals surface area contributed by atoms with Crippen LogP contribution in [0.25, 0.3) is 0 Å². The zero-order valence-corrected chi connectivity index (χ0v) is 9.15. The number of likely N-dealkylation sites (N-methyl/N-ethyl adjacent to an activating group) is 1. The SMILES string of the molecule is CN1CCNCC(Oc2ccccc2)C1. The first-order valence-corrected chi connectivity index (χ1v) is 5.45. The highest BCUT2D eigenvalue weighted by molar-refractivity contribution is 5.21. The largest absolute Gasteiger partial charge is 0.488 e. The van der Waals surface area contributed by atoms with Crippen molar-refractivity contribution in [2.24, 2.45) is 0 Å². The first-order valence-electron chi connectivity index (χ1n) is 5.45. The summed E-state index contributed by atoms with van der Waals surface area (Å²) in [6.45, 7) is 4.06. The molecule has 1 aliphatic rings. The monoisotopic (exact) mass is 206 g/mol. The van der Waals surface area contributed by atoms with Crippen molar-refractivity contribution in [3.8, 4) is 5.75 Å². The first kappa shape index (κ1) is 10.5. The van der Waals surface area contributed by atoms with E-state index in [-0.39, 0.29) is 6.10 Å². The second kappa shape index (κ2) is 5.14. The molecule has 1 aromatic rings. The Morgan fingerprint density at radius 3 is 2.93 bits per heavy atom. The van der Waals surface area contributed by atoms with Crippen LogP contribution in [0, 0.1) is 0 Å². The molecule has 1 saturated heterocycles. The van der Waals surface area contributed by atoms with E-state index in [1.807, 2.05) is 30.3 Å². The third-order valence-corrected chi connectivity index (χ3v) is 2.60. The van der Waals surface area contributed by atoms with E-state index in [1.165, 1.54) is 0 Å². The molecule has 0 bridgehead atoms. The maximum absolute atomic E-state index is 5.90. The van der Waals surface area contributed by atoms with Gasteiger partial charge >= 0.3 is 0 Å². The fourth-order valence-electron chi connectivity index (χ4n) is 1.81. The minimum absolute atomic E-state index is 0.250. The average molecular weight is 206 g/mol. The van der Waals surface area contributed by atoms with Crippen LogP contribution in [-0.4, -0.2) is 44.2 Å². The smallest absolute Gasteiger partial charge is 0.124 e. The van der Waals surface area contributed by atoms with Crippen LogP contribution in [0.2, 0.25) is 0 Å². The van der Waals surface area contributed by atoms with Crippen LogP contribution in [0.5, 0.6) is 5.75 Å². The normalized spacial score (nSPS) is 23.4. The number of ether oxygens (including phenoxy) is 1. The van der Waals surface area contributed by atoms with E-state index >= 15 is 0 Å². The van der Waals surface area contributed by atoms with Gasteiger partial charge in [-0.1, -0.05) is 18.2 Å². The molecule has 3 heteroatoms. The summed E-state index contributed by atoms with van der Waals surface area (Å²) in [5, 5.41) is 3.38. The third kappa shape index (κ3) is 3.22. The molecular weight excluding hydrogens is 188 g/mol. The lowest BCUT2D eigenvalue weighted by Gasteiger charge is -2.20. The van der Waals surface area contributed by atoms with Crippen molar-refractivity contribution in [3.05, 3.63) is 30.3 Å². The van der Waals surface area contributed by atoms with E-state index in [1.54, 1.807) is 0 Å². The lowest BCUT2D eigenvalue weighted by molar-refractivity contribution is 0.165. The Bertz CT molecular complexity index is 289. The number of hydrogen-bond donors (Lipinski definition) is 1. The average Bonchev–Trinajstić information content (AvgIpc) is 2.44.